The van der Waals surface area contributed by atoms with Crippen molar-refractivity contribution in [2.75, 3.05) is 31.2 Å². The topological polar surface area (TPSA) is 121 Å². The van der Waals surface area contributed by atoms with Crippen molar-refractivity contribution in [3.8, 4) is 0 Å². The van der Waals surface area contributed by atoms with Crippen LogP contribution in [0.5, 0.6) is 0 Å². The molecule has 8 heteroatoms. The number of nitrogens with zero attached hydrogens (tertiary/aromatic N) is 2. The van der Waals surface area contributed by atoms with Crippen LogP contribution in [0.1, 0.15) is 11.3 Å². The van der Waals surface area contributed by atoms with Crippen LogP contribution in [0, 0.1) is 11.8 Å². The van der Waals surface area contributed by atoms with Crippen LogP contribution in [0.15, 0.2) is 17.3 Å². The Morgan fingerprint density at radius 1 is 1.46 bits per heavy atom. The number of hydrogen-bond donors (Lipinski definition) is 3. The first kappa shape index (κ1) is 16.4. The van der Waals surface area contributed by atoms with Gasteiger partial charge in [0.1, 0.15) is 11.7 Å². The third kappa shape index (κ3) is 2.98. The van der Waals surface area contributed by atoms with E-state index in [0.717, 1.165) is 35.6 Å². The van der Waals surface area contributed by atoms with Crippen LogP contribution in [0.2, 0.25) is 0 Å². The van der Waals surface area contributed by atoms with Crippen molar-refractivity contribution in [1.29, 1.82) is 0 Å². The van der Waals surface area contributed by atoms with Crippen LogP contribution < -0.4 is 10.6 Å². The molecule has 2 aromatic rings. The minimum Gasteiger partial charge on any atom is -0.480 e. The first-order valence-corrected chi connectivity index (χ1v) is 7.81. The number of carbonyl (C=O) groups is 1. The molecular weight excluding hydrogens is 312 g/mol. The van der Waals surface area contributed by atoms with E-state index in [2.05, 4.69) is 15.1 Å². The maximum Gasteiger partial charge on any atom is 0.320 e. The number of nitrogens with one attached hydrogen (secondary N) is 1. The summed E-state index contributed by atoms with van der Waals surface area (Å²) in [6, 6.07) is 2.67. The fourth-order valence-corrected chi connectivity index (χ4v) is 3.13. The van der Waals surface area contributed by atoms with Crippen LogP contribution in [-0.4, -0.2) is 48.4 Å². The third-order valence-electron chi connectivity index (χ3n) is 4.39. The molecule has 0 spiro atoms. The summed E-state index contributed by atoms with van der Waals surface area (Å²) in [7, 11) is 0. The number of nitroso groups, excluding NO2 is 1. The molecule has 2 heterocycles. The molecule has 0 amide bonds. The molecule has 1 aliphatic rings. The Morgan fingerprint density at radius 2 is 2.17 bits per heavy atom. The average Bonchev–Trinajstić information content (AvgIpc) is 2.90. The molecule has 0 aliphatic carbocycles. The van der Waals surface area contributed by atoms with Gasteiger partial charge in [0.25, 0.3) is 0 Å². The van der Waals surface area contributed by atoms with Crippen molar-refractivity contribution in [1.82, 2.24) is 4.98 Å². The van der Waals surface area contributed by atoms with E-state index in [-0.39, 0.29) is 6.42 Å². The van der Waals surface area contributed by atoms with Crippen molar-refractivity contribution < 1.29 is 14.6 Å². The van der Waals surface area contributed by atoms with Crippen LogP contribution in [0.25, 0.3) is 10.9 Å². The Hall–Kier alpha value is -2.45. The van der Waals surface area contributed by atoms with Crippen LogP contribution in [0.4, 0.5) is 11.4 Å². The molecule has 1 saturated heterocycles. The quantitative estimate of drug-likeness (QED) is 0.716. The van der Waals surface area contributed by atoms with E-state index >= 15 is 0 Å². The van der Waals surface area contributed by atoms with E-state index in [1.165, 1.54) is 0 Å². The number of H-pyrrole nitrogens is 1. The van der Waals surface area contributed by atoms with Crippen LogP contribution in [-0.2, 0) is 16.0 Å². The van der Waals surface area contributed by atoms with Gasteiger partial charge in [0.05, 0.1) is 18.7 Å². The number of morpholine rings is 1. The van der Waals surface area contributed by atoms with E-state index in [9.17, 15) is 9.70 Å². The molecule has 1 fully saturated rings. The number of nitrogens with two attached hydrogens (primary N) is 1. The number of aromatic nitrogens is 1. The lowest BCUT2D eigenvalue weighted by Crippen LogP contribution is -2.36. The number of hydrogen-bond acceptors (Lipinski definition) is 6. The summed E-state index contributed by atoms with van der Waals surface area (Å²) in [5.74, 6) is -1.07. The molecule has 24 heavy (non-hydrogen) atoms. The van der Waals surface area contributed by atoms with Gasteiger partial charge in [0, 0.05) is 36.3 Å². The summed E-state index contributed by atoms with van der Waals surface area (Å²) >= 11 is 0. The van der Waals surface area contributed by atoms with Gasteiger partial charge in [-0.1, -0.05) is 0 Å². The number of aliphatic carboxylic acids is 1. The zero-order chi connectivity index (χ0) is 17.3. The van der Waals surface area contributed by atoms with Gasteiger partial charge in [-0.3, -0.25) is 4.79 Å². The van der Waals surface area contributed by atoms with E-state index in [4.69, 9.17) is 15.6 Å². The lowest BCUT2D eigenvalue weighted by Gasteiger charge is -2.29. The summed E-state index contributed by atoms with van der Waals surface area (Å²) in [6.45, 7) is 4.63. The van der Waals surface area contributed by atoms with Crippen molar-refractivity contribution >= 4 is 28.2 Å². The van der Waals surface area contributed by atoms with Gasteiger partial charge in [-0.25, -0.2) is 0 Å². The fraction of sp³-hybridized carbons (Fsp3) is 0.438. The number of carboxylic acid groups (broad SMARTS) is 1. The number of aromatic amines is 1. The molecule has 0 bridgehead atoms. The highest BCUT2D eigenvalue weighted by Gasteiger charge is 2.21. The minimum absolute atomic E-state index is 0.139. The molecule has 1 aliphatic heterocycles. The van der Waals surface area contributed by atoms with E-state index in [0.29, 0.717) is 24.3 Å². The molecule has 1 unspecified atom stereocenters. The Morgan fingerprint density at radius 3 is 2.79 bits per heavy atom. The first-order chi connectivity index (χ1) is 11.5. The van der Waals surface area contributed by atoms with Gasteiger partial charge in [-0.2, -0.15) is 0 Å². The molecule has 1 aromatic heterocycles. The predicted molar refractivity (Wildman–Crippen MR) is 90.8 cm³/mol. The number of anilines is 1. The zero-order valence-corrected chi connectivity index (χ0v) is 13.4. The zero-order valence-electron chi connectivity index (χ0n) is 13.4. The Balaban J connectivity index is 2.07. The second-order valence-corrected chi connectivity index (χ2v) is 5.96. The van der Waals surface area contributed by atoms with Crippen molar-refractivity contribution in [3.05, 3.63) is 28.3 Å². The second kappa shape index (κ2) is 6.58. The molecule has 4 N–H and O–H groups in total. The molecule has 0 saturated carbocycles. The maximum atomic E-state index is 11.4. The third-order valence-corrected chi connectivity index (χ3v) is 4.39. The summed E-state index contributed by atoms with van der Waals surface area (Å²) < 4.78 is 5.35. The monoisotopic (exact) mass is 332 g/mol. The van der Waals surface area contributed by atoms with Crippen LogP contribution in [0.3, 0.4) is 0 Å². The Labute approximate surface area is 138 Å². The highest BCUT2D eigenvalue weighted by atomic mass is 16.5. The molecule has 3 rings (SSSR count). The number of ether oxygens (including phenoxy) is 1. The molecule has 1 atom stereocenters. The van der Waals surface area contributed by atoms with Gasteiger partial charge in [-0.05, 0) is 29.8 Å². The number of rotatable bonds is 5. The van der Waals surface area contributed by atoms with Gasteiger partial charge in [0.15, 0.2) is 0 Å². The number of carboxylic acids is 1. The van der Waals surface area contributed by atoms with E-state index in [1.807, 2.05) is 13.0 Å². The molecule has 128 valence electrons. The van der Waals surface area contributed by atoms with Crippen LogP contribution >= 0.6 is 0 Å². The summed E-state index contributed by atoms with van der Waals surface area (Å²) in [6.07, 6.45) is 0.139. The molecule has 1 aromatic carbocycles. The first-order valence-electron chi connectivity index (χ1n) is 7.81. The van der Waals surface area contributed by atoms with E-state index in [1.54, 1.807) is 6.07 Å². The lowest BCUT2D eigenvalue weighted by molar-refractivity contribution is -0.138. The predicted octanol–water partition coefficient (Wildman–Crippen LogP) is 1.67. The number of aryl methyl sites for hydroxylation is 1. The second-order valence-electron chi connectivity index (χ2n) is 5.96. The van der Waals surface area contributed by atoms with E-state index < -0.39 is 12.0 Å². The van der Waals surface area contributed by atoms with Gasteiger partial charge in [0.2, 0.25) is 0 Å². The van der Waals surface area contributed by atoms with Crippen molar-refractivity contribution in [2.45, 2.75) is 19.4 Å². The minimum atomic E-state index is -1.07. The molecule has 8 nitrogen and oxygen atoms in total. The lowest BCUT2D eigenvalue weighted by atomic mass is 10.0. The van der Waals surface area contributed by atoms with Crippen molar-refractivity contribution in [3.63, 3.8) is 0 Å². The average molecular weight is 332 g/mol. The summed E-state index contributed by atoms with van der Waals surface area (Å²) in [5.41, 5.74) is 9.14. The highest BCUT2D eigenvalue weighted by Crippen LogP contribution is 2.36. The molecular formula is C16H20N4O4. The van der Waals surface area contributed by atoms with Gasteiger partial charge in [-0.15, -0.1) is 4.91 Å². The number of benzene rings is 1. The smallest absolute Gasteiger partial charge is 0.320 e. The van der Waals surface area contributed by atoms with Gasteiger partial charge >= 0.3 is 5.97 Å². The summed E-state index contributed by atoms with van der Waals surface area (Å²) in [5, 5.41) is 12.9. The summed E-state index contributed by atoms with van der Waals surface area (Å²) in [4.78, 5) is 27.8. The standard InChI is InChI=1S/C16H20N4O4/c1-9-11(8-12(17)16(21)22)15-13(18-9)6-10(7-14(15)19-23)20-2-4-24-5-3-20/h6-7,12,18H,2-5,8,17H2,1H3,(H,21,22). The Bertz CT molecular complexity index is 780. The highest BCUT2D eigenvalue weighted by molar-refractivity contribution is 5.97. The van der Waals surface area contributed by atoms with Gasteiger partial charge < -0.3 is 25.5 Å². The molecule has 0 radical (unpaired) electrons. The maximum absolute atomic E-state index is 11.4. The number of fused-ring (bicyclic) bond motifs is 1. The SMILES string of the molecule is Cc1[nH]c2cc(N3CCOCC3)cc(N=O)c2c1CC(N)C(=O)O. The largest absolute Gasteiger partial charge is 0.480 e. The Kier molecular flexibility index (Phi) is 4.50. The fourth-order valence-electron chi connectivity index (χ4n) is 3.13. The van der Waals surface area contributed by atoms with Crippen molar-refractivity contribution in [2.24, 2.45) is 10.9 Å². The normalized spacial score (nSPS) is 16.3.